The monoisotopic (exact) mass is 408 g/mol. The van der Waals surface area contributed by atoms with Crippen molar-refractivity contribution in [3.63, 3.8) is 0 Å². The van der Waals surface area contributed by atoms with Gasteiger partial charge in [-0.3, -0.25) is 0 Å². The summed E-state index contributed by atoms with van der Waals surface area (Å²) in [6.45, 7) is 4.21. The Bertz CT molecular complexity index is 897. The van der Waals surface area contributed by atoms with E-state index in [1.165, 1.54) is 20.0 Å². The molecule has 3 aromatic rings. The summed E-state index contributed by atoms with van der Waals surface area (Å²) in [4.78, 5) is 16.6. The van der Waals surface area contributed by atoms with Crippen LogP contribution < -0.4 is 0 Å². The molecular formula is C16H16MoN5O2-. The van der Waals surface area contributed by atoms with Crippen LogP contribution in [-0.2, 0) is 32.3 Å². The van der Waals surface area contributed by atoms with Crippen molar-refractivity contribution in [3.8, 4) is 0 Å². The average Bonchev–Trinajstić information content (AvgIpc) is 3.20. The molecule has 0 aliphatic heterocycles. The number of hydrogen-bond donors (Lipinski definition) is 0. The number of carbonyl (C=O) groups excluding carboxylic acids is 1. The molecule has 24 heavy (non-hydrogen) atoms. The quantitative estimate of drug-likeness (QED) is 0.376. The molecule has 1 fully saturated rings. The molecule has 0 amide bonds. The number of imidazole rings is 1. The Kier molecular flexibility index (Phi) is 4.45. The Morgan fingerprint density at radius 1 is 1.38 bits per heavy atom. The van der Waals surface area contributed by atoms with Crippen molar-refractivity contribution < 1.29 is 30.6 Å². The molecule has 0 atom stereocenters. The summed E-state index contributed by atoms with van der Waals surface area (Å²) in [6, 6.07) is 1.90. The maximum atomic E-state index is 12.1. The SMILES string of the molecule is [CH2-]c1cn(Cc2cn3cc(C4CC4)cc(C(=O)OC)c3n2)nn1.[Mo]. The van der Waals surface area contributed by atoms with Gasteiger partial charge in [0.2, 0.25) is 0 Å². The second-order valence-electron chi connectivity index (χ2n) is 5.82. The summed E-state index contributed by atoms with van der Waals surface area (Å²) >= 11 is 0. The predicted octanol–water partition coefficient (Wildman–Crippen LogP) is 1.82. The molecule has 0 spiro atoms. The normalized spacial score (nSPS) is 13.7. The van der Waals surface area contributed by atoms with Gasteiger partial charge in [0.15, 0.2) is 5.65 Å². The van der Waals surface area contributed by atoms with Crippen molar-refractivity contribution in [1.29, 1.82) is 0 Å². The van der Waals surface area contributed by atoms with Gasteiger partial charge < -0.3 is 13.8 Å². The summed E-state index contributed by atoms with van der Waals surface area (Å²) in [5.41, 5.74) is 3.67. The molecule has 3 aromatic heterocycles. The largest absolute Gasteiger partial charge is 0.465 e. The maximum Gasteiger partial charge on any atom is 0.341 e. The van der Waals surface area contributed by atoms with Gasteiger partial charge in [-0.15, -0.1) is 0 Å². The second kappa shape index (κ2) is 6.40. The summed E-state index contributed by atoms with van der Waals surface area (Å²) in [5, 5.41) is 7.84. The van der Waals surface area contributed by atoms with E-state index in [0.717, 1.165) is 11.3 Å². The summed E-state index contributed by atoms with van der Waals surface area (Å²) in [7, 11) is 1.39. The van der Waals surface area contributed by atoms with E-state index in [1.807, 2.05) is 22.9 Å². The number of nitrogens with zero attached hydrogens (tertiary/aromatic N) is 5. The molecule has 0 saturated heterocycles. The minimum Gasteiger partial charge on any atom is -0.465 e. The Morgan fingerprint density at radius 3 is 2.79 bits per heavy atom. The average molecular weight is 406 g/mol. The van der Waals surface area contributed by atoms with E-state index in [9.17, 15) is 4.79 Å². The van der Waals surface area contributed by atoms with E-state index in [0.29, 0.717) is 29.4 Å². The van der Waals surface area contributed by atoms with Gasteiger partial charge in [-0.2, -0.15) is 5.10 Å². The Balaban J connectivity index is 0.00000169. The molecule has 1 saturated carbocycles. The zero-order chi connectivity index (χ0) is 16.0. The fraction of sp³-hybridized carbons (Fsp3) is 0.312. The third-order valence-electron chi connectivity index (χ3n) is 3.99. The number of esters is 1. The van der Waals surface area contributed by atoms with Gasteiger partial charge in [-0.05, 0) is 30.4 Å². The van der Waals surface area contributed by atoms with Crippen molar-refractivity contribution in [1.82, 2.24) is 24.4 Å². The van der Waals surface area contributed by atoms with E-state index >= 15 is 0 Å². The number of aromatic nitrogens is 5. The molecule has 0 N–H and O–H groups in total. The van der Waals surface area contributed by atoms with Crippen LogP contribution in [0, 0.1) is 6.92 Å². The first-order valence-corrected chi connectivity index (χ1v) is 7.46. The summed E-state index contributed by atoms with van der Waals surface area (Å²) in [6.07, 6.45) is 8.04. The first-order chi connectivity index (χ1) is 11.1. The van der Waals surface area contributed by atoms with Crippen LogP contribution in [0.25, 0.3) is 5.65 Å². The minimum atomic E-state index is -0.365. The predicted molar refractivity (Wildman–Crippen MR) is 82.1 cm³/mol. The first-order valence-electron chi connectivity index (χ1n) is 7.46. The second-order valence-corrected chi connectivity index (χ2v) is 5.82. The fourth-order valence-electron chi connectivity index (χ4n) is 2.73. The van der Waals surface area contributed by atoms with Crippen LogP contribution in [0.1, 0.15) is 46.1 Å². The van der Waals surface area contributed by atoms with E-state index < -0.39 is 0 Å². The number of fused-ring (bicyclic) bond motifs is 1. The Hall–Kier alpha value is -2.14. The topological polar surface area (TPSA) is 74.3 Å². The molecule has 0 radical (unpaired) electrons. The van der Waals surface area contributed by atoms with E-state index in [2.05, 4.69) is 22.2 Å². The van der Waals surface area contributed by atoms with Crippen molar-refractivity contribution in [2.24, 2.45) is 0 Å². The molecule has 0 aromatic carbocycles. The number of rotatable bonds is 4. The number of carbonyl (C=O) groups is 1. The van der Waals surface area contributed by atoms with E-state index in [4.69, 9.17) is 4.74 Å². The molecule has 1 aliphatic carbocycles. The zero-order valence-corrected chi connectivity index (χ0v) is 15.2. The minimum absolute atomic E-state index is 0. The van der Waals surface area contributed by atoms with Crippen LogP contribution in [0.4, 0.5) is 0 Å². The van der Waals surface area contributed by atoms with Gasteiger partial charge in [0.05, 0.1) is 19.3 Å². The van der Waals surface area contributed by atoms with E-state index in [-0.39, 0.29) is 27.0 Å². The van der Waals surface area contributed by atoms with Gasteiger partial charge in [-0.1, -0.05) is 17.1 Å². The molecular weight excluding hydrogens is 390 g/mol. The molecule has 3 heterocycles. The fourth-order valence-corrected chi connectivity index (χ4v) is 2.73. The van der Waals surface area contributed by atoms with Crippen LogP contribution in [-0.4, -0.2) is 37.5 Å². The molecule has 1 aliphatic rings. The number of ether oxygens (including phenoxy) is 1. The maximum absolute atomic E-state index is 12.1. The van der Waals surface area contributed by atoms with Crippen LogP contribution in [0.5, 0.6) is 0 Å². The third-order valence-corrected chi connectivity index (χ3v) is 3.99. The Labute approximate surface area is 153 Å². The summed E-state index contributed by atoms with van der Waals surface area (Å²) in [5.74, 6) is 0.174. The van der Waals surface area contributed by atoms with Gasteiger partial charge >= 0.3 is 5.97 Å². The summed E-state index contributed by atoms with van der Waals surface area (Å²) < 4.78 is 8.47. The van der Waals surface area contributed by atoms with Crippen LogP contribution in [0.2, 0.25) is 0 Å². The molecule has 8 heteroatoms. The number of methoxy groups -OCH3 is 1. The molecule has 7 nitrogen and oxygen atoms in total. The van der Waals surface area contributed by atoms with Crippen molar-refractivity contribution in [2.45, 2.75) is 25.3 Å². The zero-order valence-electron chi connectivity index (χ0n) is 13.2. The standard InChI is InChI=1S/C16H16N5O2.Mo/c1-10-6-21(19-18-10)9-13-8-20-7-12(11-3-4-11)5-14(15(20)17-13)16(22)23-2;/h5-8,11H,1,3-4,9H2,2H3;/q-1;. The van der Waals surface area contributed by atoms with Gasteiger partial charge in [0.1, 0.15) is 5.56 Å². The molecule has 124 valence electrons. The van der Waals surface area contributed by atoms with E-state index in [1.54, 1.807) is 10.9 Å². The van der Waals surface area contributed by atoms with Crippen molar-refractivity contribution in [2.75, 3.05) is 7.11 Å². The smallest absolute Gasteiger partial charge is 0.341 e. The Morgan fingerprint density at radius 2 is 2.17 bits per heavy atom. The van der Waals surface area contributed by atoms with Gasteiger partial charge in [-0.25, -0.2) is 16.7 Å². The number of pyridine rings is 1. The molecule has 0 unspecified atom stereocenters. The van der Waals surface area contributed by atoms with Gasteiger partial charge in [0, 0.05) is 33.5 Å². The third kappa shape index (κ3) is 3.08. The first kappa shape index (κ1) is 16.7. The van der Waals surface area contributed by atoms with Crippen LogP contribution >= 0.6 is 0 Å². The van der Waals surface area contributed by atoms with Crippen molar-refractivity contribution >= 4 is 11.6 Å². The molecule has 0 bridgehead atoms. The number of hydrogen-bond acceptors (Lipinski definition) is 5. The molecule has 4 rings (SSSR count). The van der Waals surface area contributed by atoms with Crippen LogP contribution in [0.3, 0.4) is 0 Å². The van der Waals surface area contributed by atoms with Gasteiger partial charge in [0.25, 0.3) is 0 Å². The van der Waals surface area contributed by atoms with Crippen LogP contribution in [0.15, 0.2) is 24.7 Å². The van der Waals surface area contributed by atoms with Crippen molar-refractivity contribution in [3.05, 3.63) is 54.1 Å².